The Balaban J connectivity index is 2.65. The first kappa shape index (κ1) is 15.9. The third-order valence-corrected chi connectivity index (χ3v) is 2.80. The minimum absolute atomic E-state index is 0.160. The molecule has 0 aromatic heterocycles. The van der Waals surface area contributed by atoms with E-state index in [1.807, 2.05) is 0 Å². The Bertz CT molecular complexity index is 447. The van der Waals surface area contributed by atoms with E-state index in [4.69, 9.17) is 10.2 Å². The van der Waals surface area contributed by atoms with Gasteiger partial charge in [0.15, 0.2) is 0 Å². The van der Waals surface area contributed by atoms with E-state index in [1.165, 1.54) is 13.8 Å². The van der Waals surface area contributed by atoms with Gasteiger partial charge in [0.1, 0.15) is 18.1 Å². The Morgan fingerprint density at radius 3 is 2.40 bits per heavy atom. The Morgan fingerprint density at radius 2 is 2.00 bits per heavy atom. The summed E-state index contributed by atoms with van der Waals surface area (Å²) in [6.45, 7) is 2.02. The summed E-state index contributed by atoms with van der Waals surface area (Å²) in [7, 11) is 0. The van der Waals surface area contributed by atoms with E-state index < -0.39 is 48.5 Å². The zero-order valence-electron chi connectivity index (χ0n) is 11.2. The molecule has 0 radical (unpaired) electrons. The second-order valence-electron chi connectivity index (χ2n) is 4.92. The second kappa shape index (κ2) is 5.87. The van der Waals surface area contributed by atoms with E-state index in [-0.39, 0.29) is 6.42 Å². The predicted molar refractivity (Wildman–Crippen MR) is 65.6 cm³/mol. The van der Waals surface area contributed by atoms with Gasteiger partial charge in [-0.15, -0.1) is 0 Å². The Kier molecular flexibility index (Phi) is 4.66. The van der Waals surface area contributed by atoms with Crippen LogP contribution in [0.2, 0.25) is 0 Å². The summed E-state index contributed by atoms with van der Waals surface area (Å²) in [4.78, 5) is 46.5. The van der Waals surface area contributed by atoms with Crippen molar-refractivity contribution in [2.45, 2.75) is 31.8 Å². The molecule has 1 saturated heterocycles. The van der Waals surface area contributed by atoms with E-state index >= 15 is 0 Å². The van der Waals surface area contributed by atoms with E-state index in [9.17, 15) is 19.2 Å². The van der Waals surface area contributed by atoms with E-state index in [2.05, 4.69) is 10.6 Å². The standard InChI is InChI=1S/C11H17N3O6/c1-11(2)9(19)14(10(20)13-11)5-7(16)12-6(3-4-15)8(17)18/h6,15H,3-5H2,1-2H3,(H,12,16)(H,13,20)(H,17,18). The van der Waals surface area contributed by atoms with Gasteiger partial charge in [-0.25, -0.2) is 9.59 Å². The number of nitrogens with one attached hydrogen (secondary N) is 2. The number of hydrogen-bond donors (Lipinski definition) is 4. The minimum Gasteiger partial charge on any atom is -0.480 e. The quantitative estimate of drug-likeness (QED) is 0.428. The molecule has 0 saturated carbocycles. The maximum absolute atomic E-state index is 11.8. The molecule has 1 rings (SSSR count). The average Bonchev–Trinajstić information content (AvgIpc) is 2.51. The maximum atomic E-state index is 11.8. The highest BCUT2D eigenvalue weighted by atomic mass is 16.4. The summed E-state index contributed by atoms with van der Waals surface area (Å²) in [6.07, 6.45) is -0.160. The van der Waals surface area contributed by atoms with Gasteiger partial charge in [0.2, 0.25) is 5.91 Å². The zero-order valence-corrected chi connectivity index (χ0v) is 11.2. The molecule has 4 N–H and O–H groups in total. The molecule has 1 heterocycles. The Morgan fingerprint density at radius 1 is 1.40 bits per heavy atom. The Labute approximate surface area is 114 Å². The van der Waals surface area contributed by atoms with Gasteiger partial charge in [0, 0.05) is 13.0 Å². The van der Waals surface area contributed by atoms with Crippen LogP contribution < -0.4 is 10.6 Å². The van der Waals surface area contributed by atoms with E-state index in [1.54, 1.807) is 0 Å². The lowest BCUT2D eigenvalue weighted by Crippen LogP contribution is -2.48. The molecular weight excluding hydrogens is 270 g/mol. The number of carboxylic acids is 1. The number of carbonyl (C=O) groups is 4. The average molecular weight is 287 g/mol. The van der Waals surface area contributed by atoms with Crippen molar-refractivity contribution in [1.29, 1.82) is 0 Å². The summed E-state index contributed by atoms with van der Waals surface area (Å²) >= 11 is 0. The molecule has 1 fully saturated rings. The van der Waals surface area contributed by atoms with Crippen LogP contribution in [-0.2, 0) is 14.4 Å². The molecule has 4 amide bonds. The van der Waals surface area contributed by atoms with Gasteiger partial charge in [-0.3, -0.25) is 14.5 Å². The van der Waals surface area contributed by atoms with Crippen LogP contribution in [0.15, 0.2) is 0 Å². The number of amides is 4. The lowest BCUT2D eigenvalue weighted by Gasteiger charge is -2.17. The van der Waals surface area contributed by atoms with Crippen molar-refractivity contribution in [3.05, 3.63) is 0 Å². The van der Waals surface area contributed by atoms with Crippen molar-refractivity contribution in [3.8, 4) is 0 Å². The number of rotatable bonds is 6. The number of aliphatic hydroxyl groups excluding tert-OH is 1. The summed E-state index contributed by atoms with van der Waals surface area (Å²) in [5.41, 5.74) is -1.09. The molecular formula is C11H17N3O6. The highest BCUT2D eigenvalue weighted by molar-refractivity contribution is 6.08. The van der Waals surface area contributed by atoms with Crippen LogP contribution in [0.1, 0.15) is 20.3 Å². The predicted octanol–water partition coefficient (Wildman–Crippen LogP) is -1.73. The second-order valence-corrected chi connectivity index (χ2v) is 4.92. The molecule has 20 heavy (non-hydrogen) atoms. The summed E-state index contributed by atoms with van der Waals surface area (Å²) in [5.74, 6) is -2.65. The van der Waals surface area contributed by atoms with Gasteiger partial charge in [-0.05, 0) is 13.8 Å². The van der Waals surface area contributed by atoms with Crippen molar-refractivity contribution in [2.75, 3.05) is 13.2 Å². The number of urea groups is 1. The third-order valence-electron chi connectivity index (χ3n) is 2.80. The fourth-order valence-electron chi connectivity index (χ4n) is 1.73. The fourth-order valence-corrected chi connectivity index (χ4v) is 1.73. The summed E-state index contributed by atoms with van der Waals surface area (Å²) in [6, 6.07) is -1.97. The molecule has 112 valence electrons. The van der Waals surface area contributed by atoms with Gasteiger partial charge in [0.05, 0.1) is 0 Å². The van der Waals surface area contributed by atoms with Crippen LogP contribution in [0.4, 0.5) is 4.79 Å². The van der Waals surface area contributed by atoms with Crippen LogP contribution in [0, 0.1) is 0 Å². The summed E-state index contributed by atoms with van der Waals surface area (Å²) < 4.78 is 0. The van der Waals surface area contributed by atoms with Gasteiger partial charge in [0.25, 0.3) is 5.91 Å². The molecule has 0 aliphatic carbocycles. The highest BCUT2D eigenvalue weighted by Gasteiger charge is 2.45. The monoisotopic (exact) mass is 287 g/mol. The molecule has 0 bridgehead atoms. The number of aliphatic carboxylic acids is 1. The molecule has 9 heteroatoms. The van der Waals surface area contributed by atoms with Gasteiger partial charge in [-0.1, -0.05) is 0 Å². The SMILES string of the molecule is CC1(C)NC(=O)N(CC(=O)NC(CCO)C(=O)O)C1=O. The lowest BCUT2D eigenvalue weighted by molar-refractivity contribution is -0.142. The van der Waals surface area contributed by atoms with E-state index in [0.29, 0.717) is 4.90 Å². The minimum atomic E-state index is -1.30. The van der Waals surface area contributed by atoms with E-state index in [0.717, 1.165) is 0 Å². The van der Waals surface area contributed by atoms with Crippen LogP contribution >= 0.6 is 0 Å². The molecule has 0 aromatic carbocycles. The first-order valence-corrected chi connectivity index (χ1v) is 5.96. The topological polar surface area (TPSA) is 136 Å². The fraction of sp³-hybridized carbons (Fsp3) is 0.636. The van der Waals surface area contributed by atoms with Crippen molar-refractivity contribution in [2.24, 2.45) is 0 Å². The van der Waals surface area contributed by atoms with Crippen LogP contribution in [0.5, 0.6) is 0 Å². The molecule has 0 aromatic rings. The number of carboxylic acid groups (broad SMARTS) is 1. The number of hydrogen-bond acceptors (Lipinski definition) is 5. The summed E-state index contributed by atoms with van der Waals surface area (Å²) in [5, 5.41) is 22.0. The third kappa shape index (κ3) is 3.44. The number of aliphatic hydroxyl groups is 1. The van der Waals surface area contributed by atoms with Gasteiger partial charge < -0.3 is 20.8 Å². The largest absolute Gasteiger partial charge is 0.480 e. The van der Waals surface area contributed by atoms with Gasteiger partial charge >= 0.3 is 12.0 Å². The number of nitrogens with zero attached hydrogens (tertiary/aromatic N) is 1. The molecule has 1 aliphatic rings. The van der Waals surface area contributed by atoms with Gasteiger partial charge in [-0.2, -0.15) is 0 Å². The van der Waals surface area contributed by atoms with Crippen molar-refractivity contribution in [1.82, 2.24) is 15.5 Å². The first-order valence-electron chi connectivity index (χ1n) is 5.96. The first-order chi connectivity index (χ1) is 9.19. The molecule has 1 aliphatic heterocycles. The smallest absolute Gasteiger partial charge is 0.326 e. The van der Waals surface area contributed by atoms with Crippen LogP contribution in [0.3, 0.4) is 0 Å². The van der Waals surface area contributed by atoms with Crippen molar-refractivity contribution < 1.29 is 29.4 Å². The zero-order chi connectivity index (χ0) is 15.5. The van der Waals surface area contributed by atoms with Crippen LogP contribution in [-0.4, -0.2) is 63.7 Å². The Hall–Kier alpha value is -2.16. The normalized spacial score (nSPS) is 18.6. The van der Waals surface area contributed by atoms with Crippen LogP contribution in [0.25, 0.3) is 0 Å². The highest BCUT2D eigenvalue weighted by Crippen LogP contribution is 2.15. The number of imide groups is 1. The molecule has 9 nitrogen and oxygen atoms in total. The lowest BCUT2D eigenvalue weighted by atomic mass is 10.1. The van der Waals surface area contributed by atoms with Crippen molar-refractivity contribution in [3.63, 3.8) is 0 Å². The molecule has 1 atom stereocenters. The molecule has 1 unspecified atom stereocenters. The number of carbonyl (C=O) groups excluding carboxylic acids is 3. The maximum Gasteiger partial charge on any atom is 0.326 e. The van der Waals surface area contributed by atoms with Crippen molar-refractivity contribution >= 4 is 23.8 Å². The molecule has 0 spiro atoms.